The average Bonchev–Trinajstić information content (AvgIpc) is 2.99. The highest BCUT2D eigenvalue weighted by atomic mass is 32.2. The molecule has 1 N–H and O–H groups in total. The molecule has 8 nitrogen and oxygen atoms in total. The van der Waals surface area contributed by atoms with Crippen molar-refractivity contribution >= 4 is 21.5 Å². The number of halogens is 3. The Kier molecular flexibility index (Phi) is 4.68. The van der Waals surface area contributed by atoms with Crippen LogP contribution in [-0.4, -0.2) is 34.6 Å². The number of ether oxygens (including phenoxy) is 1. The fourth-order valence-electron chi connectivity index (χ4n) is 2.31. The molecular weight excluding hydrogens is 387 g/mol. The van der Waals surface area contributed by atoms with E-state index >= 15 is 0 Å². The summed E-state index contributed by atoms with van der Waals surface area (Å²) in [6, 6.07) is 5.75. The number of fused-ring (bicyclic) bond motifs is 1. The molecule has 0 aliphatic rings. The van der Waals surface area contributed by atoms with Gasteiger partial charge in [-0.15, -0.1) is 5.10 Å². The number of nitrogens with zero attached hydrogens (tertiary/aromatic N) is 4. The molecule has 2 heterocycles. The van der Waals surface area contributed by atoms with Crippen molar-refractivity contribution in [2.45, 2.75) is 25.2 Å². The SMILES string of the molecule is CCOc1cc(C)nc2nc(S(=O)(=O)Nc3ccccc3C(F)(F)F)nn12. The number of nitrogens with one attached hydrogen (secondary N) is 1. The highest BCUT2D eigenvalue weighted by Gasteiger charge is 2.35. The van der Waals surface area contributed by atoms with Crippen LogP contribution in [0, 0.1) is 6.92 Å². The Morgan fingerprint density at radius 2 is 1.93 bits per heavy atom. The van der Waals surface area contributed by atoms with E-state index in [-0.39, 0.29) is 18.3 Å². The third-order valence-electron chi connectivity index (χ3n) is 3.40. The maximum Gasteiger partial charge on any atom is 0.418 e. The van der Waals surface area contributed by atoms with E-state index in [1.54, 1.807) is 13.8 Å². The zero-order valence-corrected chi connectivity index (χ0v) is 15.0. The van der Waals surface area contributed by atoms with Gasteiger partial charge in [0.05, 0.1) is 17.9 Å². The second-order valence-corrected chi connectivity index (χ2v) is 7.00. The fraction of sp³-hybridized carbons (Fsp3) is 0.267. The number of hydrogen-bond donors (Lipinski definition) is 1. The molecule has 12 heteroatoms. The molecular formula is C15H14F3N5O3S. The lowest BCUT2D eigenvalue weighted by molar-refractivity contribution is -0.136. The Bertz CT molecular complexity index is 1100. The van der Waals surface area contributed by atoms with Crippen LogP contribution in [-0.2, 0) is 16.2 Å². The molecule has 0 saturated heterocycles. The van der Waals surface area contributed by atoms with Crippen LogP contribution in [0.2, 0.25) is 0 Å². The van der Waals surface area contributed by atoms with E-state index in [0.717, 1.165) is 22.7 Å². The van der Waals surface area contributed by atoms with Gasteiger partial charge in [-0.2, -0.15) is 31.1 Å². The first-order chi connectivity index (χ1) is 12.6. The van der Waals surface area contributed by atoms with Gasteiger partial charge in [0.15, 0.2) is 0 Å². The summed E-state index contributed by atoms with van der Waals surface area (Å²) < 4.78 is 72.6. The Hall–Kier alpha value is -2.89. The highest BCUT2D eigenvalue weighted by molar-refractivity contribution is 7.92. The van der Waals surface area contributed by atoms with Crippen molar-refractivity contribution < 1.29 is 26.3 Å². The maximum atomic E-state index is 13.1. The van der Waals surface area contributed by atoms with Gasteiger partial charge in [0.25, 0.3) is 21.0 Å². The minimum Gasteiger partial charge on any atom is -0.478 e. The van der Waals surface area contributed by atoms with E-state index < -0.39 is 32.6 Å². The molecule has 1 aromatic carbocycles. The average molecular weight is 401 g/mol. The van der Waals surface area contributed by atoms with Crippen molar-refractivity contribution in [1.29, 1.82) is 0 Å². The van der Waals surface area contributed by atoms with E-state index in [0.29, 0.717) is 5.69 Å². The van der Waals surface area contributed by atoms with Crippen LogP contribution in [0.1, 0.15) is 18.2 Å². The number of alkyl halides is 3. The van der Waals surface area contributed by atoms with Crippen molar-refractivity contribution in [3.05, 3.63) is 41.6 Å². The van der Waals surface area contributed by atoms with Crippen LogP contribution in [0.4, 0.5) is 18.9 Å². The van der Waals surface area contributed by atoms with E-state index in [4.69, 9.17) is 4.74 Å². The maximum absolute atomic E-state index is 13.1. The van der Waals surface area contributed by atoms with E-state index in [1.807, 2.05) is 4.72 Å². The molecule has 27 heavy (non-hydrogen) atoms. The van der Waals surface area contributed by atoms with Crippen LogP contribution in [0.5, 0.6) is 5.88 Å². The normalized spacial score (nSPS) is 12.3. The lowest BCUT2D eigenvalue weighted by Crippen LogP contribution is -2.18. The molecule has 0 aliphatic carbocycles. The lowest BCUT2D eigenvalue weighted by Gasteiger charge is -2.13. The Labute approximate surface area is 152 Å². The minimum atomic E-state index is -4.73. The molecule has 0 aliphatic heterocycles. The van der Waals surface area contributed by atoms with Gasteiger partial charge in [-0.25, -0.2) is 4.98 Å². The number of rotatable bonds is 5. The van der Waals surface area contributed by atoms with Gasteiger partial charge in [-0.1, -0.05) is 12.1 Å². The van der Waals surface area contributed by atoms with Crippen molar-refractivity contribution in [3.63, 3.8) is 0 Å². The summed E-state index contributed by atoms with van der Waals surface area (Å²) in [5.41, 5.74) is -1.24. The third-order valence-corrected chi connectivity index (χ3v) is 4.54. The fourth-order valence-corrected chi connectivity index (χ4v) is 3.26. The number of sulfonamides is 1. The van der Waals surface area contributed by atoms with Crippen molar-refractivity contribution in [2.24, 2.45) is 0 Å². The van der Waals surface area contributed by atoms with E-state index in [1.165, 1.54) is 12.1 Å². The third kappa shape index (κ3) is 3.79. The van der Waals surface area contributed by atoms with Crippen LogP contribution < -0.4 is 9.46 Å². The van der Waals surface area contributed by atoms with Gasteiger partial charge in [-0.3, -0.25) is 4.72 Å². The van der Waals surface area contributed by atoms with Crippen LogP contribution in [0.15, 0.2) is 35.5 Å². The summed E-state index contributed by atoms with van der Waals surface area (Å²) in [5.74, 6) is 0.160. The Balaban J connectivity index is 2.05. The van der Waals surface area contributed by atoms with Crippen LogP contribution >= 0.6 is 0 Å². The molecule has 0 amide bonds. The molecule has 3 rings (SSSR count). The largest absolute Gasteiger partial charge is 0.478 e. The van der Waals surface area contributed by atoms with E-state index in [2.05, 4.69) is 15.1 Å². The lowest BCUT2D eigenvalue weighted by atomic mass is 10.2. The molecule has 144 valence electrons. The zero-order valence-electron chi connectivity index (χ0n) is 14.1. The summed E-state index contributed by atoms with van der Waals surface area (Å²) in [7, 11) is -4.49. The Morgan fingerprint density at radius 1 is 1.22 bits per heavy atom. The summed E-state index contributed by atoms with van der Waals surface area (Å²) >= 11 is 0. The van der Waals surface area contributed by atoms with Crippen LogP contribution in [0.25, 0.3) is 5.78 Å². The molecule has 0 spiro atoms. The van der Waals surface area contributed by atoms with Gasteiger partial charge in [0.2, 0.25) is 5.88 Å². The molecule has 3 aromatic rings. The summed E-state index contributed by atoms with van der Waals surface area (Å²) in [5, 5.41) is 3.09. The minimum absolute atomic E-state index is 0.0528. The van der Waals surface area contributed by atoms with Crippen molar-refractivity contribution in [1.82, 2.24) is 19.6 Å². The predicted octanol–water partition coefficient (Wildman–Crippen LogP) is 2.65. The second kappa shape index (κ2) is 6.68. The first-order valence-electron chi connectivity index (χ1n) is 7.68. The van der Waals surface area contributed by atoms with Gasteiger partial charge in [0.1, 0.15) is 0 Å². The van der Waals surface area contributed by atoms with Gasteiger partial charge >= 0.3 is 6.18 Å². The van der Waals surface area contributed by atoms with E-state index in [9.17, 15) is 21.6 Å². The smallest absolute Gasteiger partial charge is 0.418 e. The highest BCUT2D eigenvalue weighted by Crippen LogP contribution is 2.35. The standard InChI is InChI=1S/C15H14F3N5O3S/c1-3-26-12-8-9(2)19-13-20-14(21-23(12)13)27(24,25)22-11-7-5-4-6-10(11)15(16,17)18/h4-8,22H,3H2,1-2H3. The molecule has 0 bridgehead atoms. The quantitative estimate of drug-likeness (QED) is 0.706. The van der Waals surface area contributed by atoms with Crippen molar-refractivity contribution in [3.8, 4) is 5.88 Å². The molecule has 0 fully saturated rings. The summed E-state index contributed by atoms with van der Waals surface area (Å²) in [4.78, 5) is 7.86. The first kappa shape index (κ1) is 18.9. The number of aromatic nitrogens is 4. The van der Waals surface area contributed by atoms with Gasteiger partial charge in [0, 0.05) is 11.8 Å². The topological polar surface area (TPSA) is 98.5 Å². The number of benzene rings is 1. The monoisotopic (exact) mass is 401 g/mol. The molecule has 0 saturated carbocycles. The summed E-state index contributed by atoms with van der Waals surface area (Å²) in [6.45, 7) is 3.67. The van der Waals surface area contributed by atoms with Gasteiger partial charge < -0.3 is 4.74 Å². The van der Waals surface area contributed by atoms with Gasteiger partial charge in [-0.05, 0) is 26.0 Å². The zero-order chi connectivity index (χ0) is 19.8. The van der Waals surface area contributed by atoms with Crippen molar-refractivity contribution in [2.75, 3.05) is 11.3 Å². The molecule has 0 atom stereocenters. The number of hydrogen-bond acceptors (Lipinski definition) is 6. The molecule has 0 radical (unpaired) electrons. The second-order valence-electron chi connectivity index (χ2n) is 5.42. The molecule has 2 aromatic heterocycles. The summed E-state index contributed by atoms with van der Waals surface area (Å²) in [6.07, 6.45) is -4.73. The van der Waals surface area contributed by atoms with Crippen LogP contribution in [0.3, 0.4) is 0 Å². The molecule has 0 unspecified atom stereocenters. The number of anilines is 1. The number of para-hydroxylation sites is 1. The Morgan fingerprint density at radius 3 is 2.59 bits per heavy atom. The first-order valence-corrected chi connectivity index (χ1v) is 9.16. The number of aryl methyl sites for hydroxylation is 1. The predicted molar refractivity (Wildman–Crippen MR) is 88.9 cm³/mol.